The van der Waals surface area contributed by atoms with Gasteiger partial charge in [0.25, 0.3) is 0 Å². The van der Waals surface area contributed by atoms with Gasteiger partial charge in [-0.3, -0.25) is 0 Å². The second kappa shape index (κ2) is 6.22. The van der Waals surface area contributed by atoms with E-state index in [-0.39, 0.29) is 10.8 Å². The lowest BCUT2D eigenvalue weighted by atomic mass is 9.80. The average molecular weight is 367 g/mol. The molecule has 0 saturated heterocycles. The number of hydrogen-bond donors (Lipinski definition) is 1. The Morgan fingerprint density at radius 3 is 1.62 bits per heavy atom. The fraction of sp³-hybridized carbons (Fsp3) is 0.250. The molecule has 0 aliphatic carbocycles. The highest BCUT2D eigenvalue weighted by molar-refractivity contribution is 6.30. The van der Waals surface area contributed by atoms with Crippen LogP contribution >= 0.6 is 11.6 Å². The third kappa shape index (κ3) is 2.93. The van der Waals surface area contributed by atoms with Gasteiger partial charge in [-0.25, -0.2) is 0 Å². The molecule has 0 radical (unpaired) electrons. The van der Waals surface area contributed by atoms with Gasteiger partial charge in [0.05, 0.1) is 7.11 Å². The van der Waals surface area contributed by atoms with Crippen LogP contribution in [0, 0.1) is 0 Å². The zero-order valence-electron chi connectivity index (χ0n) is 12.2. The average Bonchev–Trinajstić information content (AvgIpc) is 2.53. The van der Waals surface area contributed by atoms with E-state index in [2.05, 4.69) is 0 Å². The van der Waals surface area contributed by atoms with Gasteiger partial charge in [-0.2, -0.15) is 22.0 Å². The lowest BCUT2D eigenvalue weighted by molar-refractivity contribution is -0.336. The van der Waals surface area contributed by atoms with E-state index in [4.69, 9.17) is 16.3 Å². The van der Waals surface area contributed by atoms with Crippen molar-refractivity contribution in [1.82, 2.24) is 0 Å². The van der Waals surface area contributed by atoms with Crippen LogP contribution in [0.1, 0.15) is 11.1 Å². The molecule has 2 rings (SSSR count). The molecule has 0 aromatic heterocycles. The molecule has 0 amide bonds. The van der Waals surface area contributed by atoms with Crippen molar-refractivity contribution >= 4 is 11.6 Å². The molecule has 1 N–H and O–H groups in total. The summed E-state index contributed by atoms with van der Waals surface area (Å²) in [6.45, 7) is 0. The minimum absolute atomic E-state index is 0.131. The highest BCUT2D eigenvalue weighted by Crippen LogP contribution is 2.51. The second-order valence-electron chi connectivity index (χ2n) is 5.02. The SMILES string of the molecule is COc1ccc(C(O)(c2ccc(Cl)cc2)C(F)(F)C(F)(F)F)cc1. The minimum atomic E-state index is -5.97. The molecule has 0 bridgehead atoms. The van der Waals surface area contributed by atoms with Gasteiger partial charge >= 0.3 is 12.1 Å². The highest BCUT2D eigenvalue weighted by Gasteiger charge is 2.71. The summed E-state index contributed by atoms with van der Waals surface area (Å²) in [4.78, 5) is 0. The molecule has 130 valence electrons. The summed E-state index contributed by atoms with van der Waals surface area (Å²) in [6, 6.07) is 8.36. The van der Waals surface area contributed by atoms with Crippen molar-refractivity contribution in [3.8, 4) is 5.75 Å². The van der Waals surface area contributed by atoms with E-state index in [0.717, 1.165) is 36.4 Å². The van der Waals surface area contributed by atoms with Crippen LogP contribution in [0.15, 0.2) is 48.5 Å². The Labute approximate surface area is 139 Å². The number of halogens is 6. The maximum absolute atomic E-state index is 14.2. The molecule has 0 heterocycles. The van der Waals surface area contributed by atoms with Crippen molar-refractivity contribution in [3.05, 3.63) is 64.7 Å². The molecule has 24 heavy (non-hydrogen) atoms. The Kier molecular flexibility index (Phi) is 4.79. The van der Waals surface area contributed by atoms with Crippen LogP contribution in [0.5, 0.6) is 5.75 Å². The molecule has 1 unspecified atom stereocenters. The first-order chi connectivity index (χ1) is 11.0. The molecule has 1 atom stereocenters. The van der Waals surface area contributed by atoms with Crippen LogP contribution in [-0.2, 0) is 5.60 Å². The van der Waals surface area contributed by atoms with Gasteiger partial charge in [0.15, 0.2) is 5.60 Å². The quantitative estimate of drug-likeness (QED) is 0.789. The lowest BCUT2D eigenvalue weighted by Gasteiger charge is -2.37. The third-order valence-electron chi connectivity index (χ3n) is 3.58. The molecule has 0 fully saturated rings. The van der Waals surface area contributed by atoms with E-state index < -0.39 is 28.8 Å². The number of benzene rings is 2. The molecular weight excluding hydrogens is 355 g/mol. The summed E-state index contributed by atoms with van der Waals surface area (Å²) in [7, 11) is 1.31. The predicted molar refractivity (Wildman–Crippen MR) is 78.4 cm³/mol. The first kappa shape index (κ1) is 18.5. The summed E-state index contributed by atoms with van der Waals surface area (Å²) in [5.74, 6) is -5.20. The van der Waals surface area contributed by atoms with E-state index in [0.29, 0.717) is 0 Å². The van der Waals surface area contributed by atoms with E-state index in [1.807, 2.05) is 0 Å². The van der Waals surface area contributed by atoms with Crippen LogP contribution < -0.4 is 4.74 Å². The topological polar surface area (TPSA) is 29.5 Å². The van der Waals surface area contributed by atoms with Crippen LogP contribution in [0.4, 0.5) is 22.0 Å². The van der Waals surface area contributed by atoms with E-state index in [1.165, 1.54) is 19.2 Å². The molecule has 2 aromatic carbocycles. The Bertz CT molecular complexity index is 698. The van der Waals surface area contributed by atoms with Crippen molar-refractivity contribution < 1.29 is 31.8 Å². The standard InChI is InChI=1S/C16H12ClF5O2/c1-24-13-8-4-11(5-9-13)14(23,15(18,19)16(20,21)22)10-2-6-12(17)7-3-10/h2-9,23H,1H3. The first-order valence-electron chi connectivity index (χ1n) is 6.61. The number of hydrogen-bond acceptors (Lipinski definition) is 2. The monoisotopic (exact) mass is 366 g/mol. The van der Waals surface area contributed by atoms with Crippen LogP contribution in [0.2, 0.25) is 5.02 Å². The second-order valence-corrected chi connectivity index (χ2v) is 5.45. The number of alkyl halides is 5. The molecule has 2 aromatic rings. The molecule has 0 aliphatic heterocycles. The summed E-state index contributed by atoms with van der Waals surface area (Å²) in [6.07, 6.45) is -5.97. The summed E-state index contributed by atoms with van der Waals surface area (Å²) >= 11 is 5.64. The maximum Gasteiger partial charge on any atom is 0.457 e. The zero-order chi connectivity index (χ0) is 18.2. The first-order valence-corrected chi connectivity index (χ1v) is 6.99. The van der Waals surface area contributed by atoms with Gasteiger partial charge in [-0.1, -0.05) is 35.9 Å². The third-order valence-corrected chi connectivity index (χ3v) is 3.83. The Hall–Kier alpha value is -1.86. The number of methoxy groups -OCH3 is 1. The Morgan fingerprint density at radius 2 is 1.25 bits per heavy atom. The maximum atomic E-state index is 14.2. The van der Waals surface area contributed by atoms with E-state index in [9.17, 15) is 27.1 Å². The Morgan fingerprint density at radius 1 is 0.833 bits per heavy atom. The summed E-state index contributed by atoms with van der Waals surface area (Å²) < 4.78 is 72.1. The fourth-order valence-electron chi connectivity index (χ4n) is 2.26. The van der Waals surface area contributed by atoms with Crippen molar-refractivity contribution in [3.63, 3.8) is 0 Å². The zero-order valence-corrected chi connectivity index (χ0v) is 13.0. The molecule has 8 heteroatoms. The fourth-order valence-corrected chi connectivity index (χ4v) is 2.38. The van der Waals surface area contributed by atoms with Gasteiger partial charge in [-0.05, 0) is 35.4 Å². The summed E-state index contributed by atoms with van der Waals surface area (Å²) in [5, 5.41) is 10.6. The van der Waals surface area contributed by atoms with Crippen molar-refractivity contribution in [2.75, 3.05) is 7.11 Å². The highest BCUT2D eigenvalue weighted by atomic mass is 35.5. The van der Waals surface area contributed by atoms with Crippen molar-refractivity contribution in [2.24, 2.45) is 0 Å². The normalized spacial score (nSPS) is 15.0. The molecular formula is C16H12ClF5O2. The molecule has 0 aliphatic rings. The van der Waals surface area contributed by atoms with Crippen LogP contribution in [0.3, 0.4) is 0 Å². The minimum Gasteiger partial charge on any atom is -0.497 e. The van der Waals surface area contributed by atoms with E-state index in [1.54, 1.807) is 0 Å². The summed E-state index contributed by atoms with van der Waals surface area (Å²) in [5.41, 5.74) is -4.89. The molecule has 2 nitrogen and oxygen atoms in total. The van der Waals surface area contributed by atoms with Crippen molar-refractivity contribution in [1.29, 1.82) is 0 Å². The lowest BCUT2D eigenvalue weighted by Crippen LogP contribution is -2.55. The predicted octanol–water partition coefficient (Wildman–Crippen LogP) is 4.78. The van der Waals surface area contributed by atoms with Gasteiger partial charge < -0.3 is 9.84 Å². The van der Waals surface area contributed by atoms with Crippen LogP contribution in [-0.4, -0.2) is 24.3 Å². The van der Waals surface area contributed by atoms with Gasteiger partial charge in [-0.15, -0.1) is 0 Å². The van der Waals surface area contributed by atoms with Gasteiger partial charge in [0.2, 0.25) is 0 Å². The number of rotatable bonds is 4. The number of aliphatic hydroxyl groups is 1. The Balaban J connectivity index is 2.71. The van der Waals surface area contributed by atoms with Crippen LogP contribution in [0.25, 0.3) is 0 Å². The largest absolute Gasteiger partial charge is 0.497 e. The van der Waals surface area contributed by atoms with Gasteiger partial charge in [0.1, 0.15) is 5.75 Å². The van der Waals surface area contributed by atoms with Gasteiger partial charge in [0, 0.05) is 5.02 Å². The smallest absolute Gasteiger partial charge is 0.457 e. The molecule has 0 saturated carbocycles. The molecule has 0 spiro atoms. The number of ether oxygens (including phenoxy) is 1. The van der Waals surface area contributed by atoms with E-state index >= 15 is 0 Å². The van der Waals surface area contributed by atoms with Crippen molar-refractivity contribution in [2.45, 2.75) is 17.7 Å².